The minimum atomic E-state index is -0.478. The summed E-state index contributed by atoms with van der Waals surface area (Å²) in [6.07, 6.45) is 2.65. The molecule has 0 aliphatic carbocycles. The fraction of sp³-hybridized carbons (Fsp3) is 0.118. The fourth-order valence-electron chi connectivity index (χ4n) is 2.65. The van der Waals surface area contributed by atoms with Crippen molar-refractivity contribution in [2.75, 3.05) is 5.32 Å². The van der Waals surface area contributed by atoms with Gasteiger partial charge in [0.25, 0.3) is 0 Å². The van der Waals surface area contributed by atoms with Crippen molar-refractivity contribution >= 4 is 33.6 Å². The highest BCUT2D eigenvalue weighted by Gasteiger charge is 2.07. The highest BCUT2D eigenvalue weighted by atomic mass is 16.4. The number of rotatable bonds is 4. The molecule has 4 aromatic rings. The minimum Gasteiger partial charge on any atom is -0.408 e. The van der Waals surface area contributed by atoms with Crippen molar-refractivity contribution < 1.29 is 9.21 Å². The van der Waals surface area contributed by atoms with Gasteiger partial charge in [0.15, 0.2) is 5.58 Å². The first-order valence-corrected chi connectivity index (χ1v) is 7.52. The van der Waals surface area contributed by atoms with Gasteiger partial charge in [0.1, 0.15) is 0 Å². The summed E-state index contributed by atoms with van der Waals surface area (Å²) in [6.45, 7) is 0. The van der Waals surface area contributed by atoms with Gasteiger partial charge in [-0.05, 0) is 42.3 Å². The number of carbonyl (C=O) groups excluding carboxylic acids is 1. The van der Waals surface area contributed by atoms with Gasteiger partial charge in [-0.25, -0.2) is 4.79 Å². The van der Waals surface area contributed by atoms with Crippen LogP contribution in [-0.4, -0.2) is 21.1 Å². The number of fused-ring (bicyclic) bond motifs is 2. The van der Waals surface area contributed by atoms with E-state index in [4.69, 9.17) is 4.42 Å². The van der Waals surface area contributed by atoms with E-state index in [0.29, 0.717) is 23.9 Å². The van der Waals surface area contributed by atoms with Crippen LogP contribution < -0.4 is 11.1 Å². The Kier molecular flexibility index (Phi) is 3.38. The van der Waals surface area contributed by atoms with E-state index in [1.54, 1.807) is 12.3 Å². The third kappa shape index (κ3) is 2.79. The molecule has 0 atom stereocenters. The number of aromatic amines is 2. The van der Waals surface area contributed by atoms with Crippen LogP contribution in [-0.2, 0) is 11.2 Å². The number of nitrogens with one attached hydrogen (secondary N) is 3. The Morgan fingerprint density at radius 3 is 3.00 bits per heavy atom. The molecule has 2 aromatic heterocycles. The van der Waals surface area contributed by atoms with Crippen molar-refractivity contribution in [2.45, 2.75) is 12.8 Å². The molecule has 0 aliphatic rings. The van der Waals surface area contributed by atoms with Crippen LogP contribution in [0.3, 0.4) is 0 Å². The zero-order valence-corrected chi connectivity index (χ0v) is 12.6. The standard InChI is InChI=1S/C17H14N4O3/c22-16(19-12-4-3-11-9-18-21-13(11)8-12)6-2-10-1-5-15-14(7-10)20-17(23)24-15/h1,3-5,7-9H,2,6H2,(H,18,21)(H,19,22)(H,20,23). The molecule has 1 amide bonds. The number of hydrogen-bond donors (Lipinski definition) is 3. The SMILES string of the molecule is O=C(CCc1ccc2oc(=O)[nH]c2c1)Nc1ccc2cn[nH]c2c1. The molecule has 2 aromatic carbocycles. The van der Waals surface area contributed by atoms with Crippen molar-refractivity contribution in [3.05, 3.63) is 58.7 Å². The number of nitrogens with zero attached hydrogens (tertiary/aromatic N) is 1. The zero-order chi connectivity index (χ0) is 16.5. The molecule has 0 spiro atoms. The van der Waals surface area contributed by atoms with Gasteiger partial charge in [-0.2, -0.15) is 5.10 Å². The number of carbonyl (C=O) groups is 1. The first-order valence-electron chi connectivity index (χ1n) is 7.52. The molecule has 2 heterocycles. The van der Waals surface area contributed by atoms with Crippen molar-refractivity contribution in [1.29, 1.82) is 0 Å². The number of aromatic nitrogens is 3. The molecule has 4 rings (SSSR count). The predicted octanol–water partition coefficient (Wildman–Crippen LogP) is 2.57. The summed E-state index contributed by atoms with van der Waals surface area (Å²) >= 11 is 0. The monoisotopic (exact) mass is 322 g/mol. The van der Waals surface area contributed by atoms with Gasteiger partial charge < -0.3 is 9.73 Å². The van der Waals surface area contributed by atoms with Gasteiger partial charge in [-0.1, -0.05) is 6.07 Å². The van der Waals surface area contributed by atoms with Crippen LogP contribution in [0.15, 0.2) is 51.8 Å². The van der Waals surface area contributed by atoms with Crippen LogP contribution in [0.2, 0.25) is 0 Å². The van der Waals surface area contributed by atoms with E-state index >= 15 is 0 Å². The van der Waals surface area contributed by atoms with Crippen molar-refractivity contribution in [2.24, 2.45) is 0 Å². The Morgan fingerprint density at radius 1 is 1.17 bits per heavy atom. The summed E-state index contributed by atoms with van der Waals surface area (Å²) in [5, 5.41) is 10.7. The Labute approximate surface area is 135 Å². The second kappa shape index (κ2) is 5.69. The molecule has 0 radical (unpaired) electrons. The molecule has 0 fully saturated rings. The van der Waals surface area contributed by atoms with Gasteiger partial charge in [0.05, 0.1) is 17.2 Å². The van der Waals surface area contributed by atoms with Crippen molar-refractivity contribution in [3.8, 4) is 0 Å². The molecule has 120 valence electrons. The number of amides is 1. The van der Waals surface area contributed by atoms with Crippen molar-refractivity contribution in [3.63, 3.8) is 0 Å². The molecule has 0 saturated carbocycles. The number of oxazole rings is 1. The van der Waals surface area contributed by atoms with Crippen LogP contribution in [0.25, 0.3) is 22.0 Å². The lowest BCUT2D eigenvalue weighted by Crippen LogP contribution is -2.12. The molecule has 0 bridgehead atoms. The summed E-state index contributed by atoms with van der Waals surface area (Å²) < 4.78 is 4.96. The normalized spacial score (nSPS) is 11.2. The van der Waals surface area contributed by atoms with Gasteiger partial charge in [-0.3, -0.25) is 14.9 Å². The van der Waals surface area contributed by atoms with Crippen LogP contribution in [0.4, 0.5) is 5.69 Å². The molecular formula is C17H14N4O3. The third-order valence-corrected chi connectivity index (χ3v) is 3.85. The molecular weight excluding hydrogens is 308 g/mol. The topological polar surface area (TPSA) is 104 Å². The van der Waals surface area contributed by atoms with Gasteiger partial charge in [0, 0.05) is 17.5 Å². The lowest BCUT2D eigenvalue weighted by atomic mass is 10.1. The van der Waals surface area contributed by atoms with E-state index in [1.165, 1.54) is 0 Å². The van der Waals surface area contributed by atoms with Crippen LogP contribution in [0, 0.1) is 0 Å². The first-order chi connectivity index (χ1) is 11.7. The van der Waals surface area contributed by atoms with E-state index in [1.807, 2.05) is 30.3 Å². The molecule has 7 heteroatoms. The number of benzene rings is 2. The Hall–Kier alpha value is -3.35. The number of anilines is 1. The van der Waals surface area contributed by atoms with Gasteiger partial charge in [-0.15, -0.1) is 0 Å². The minimum absolute atomic E-state index is 0.0744. The van der Waals surface area contributed by atoms with E-state index in [2.05, 4.69) is 20.5 Å². The maximum atomic E-state index is 12.1. The van der Waals surface area contributed by atoms with Crippen molar-refractivity contribution in [1.82, 2.24) is 15.2 Å². The Morgan fingerprint density at radius 2 is 2.08 bits per heavy atom. The summed E-state index contributed by atoms with van der Waals surface area (Å²) in [5.41, 5.74) is 3.72. The van der Waals surface area contributed by atoms with E-state index in [0.717, 1.165) is 22.2 Å². The molecule has 24 heavy (non-hydrogen) atoms. The Bertz CT molecular complexity index is 1090. The quantitative estimate of drug-likeness (QED) is 0.537. The van der Waals surface area contributed by atoms with Crippen LogP contribution >= 0.6 is 0 Å². The van der Waals surface area contributed by atoms with E-state index in [9.17, 15) is 9.59 Å². The summed E-state index contributed by atoms with van der Waals surface area (Å²) in [7, 11) is 0. The zero-order valence-electron chi connectivity index (χ0n) is 12.6. The fourth-order valence-corrected chi connectivity index (χ4v) is 2.65. The smallest absolute Gasteiger partial charge is 0.408 e. The second-order valence-corrected chi connectivity index (χ2v) is 5.57. The Balaban J connectivity index is 1.42. The largest absolute Gasteiger partial charge is 0.417 e. The number of H-pyrrole nitrogens is 2. The molecule has 0 unspecified atom stereocenters. The maximum absolute atomic E-state index is 12.1. The average molecular weight is 322 g/mol. The summed E-state index contributed by atoms with van der Waals surface area (Å²) in [5.74, 6) is -0.552. The summed E-state index contributed by atoms with van der Waals surface area (Å²) in [4.78, 5) is 25.9. The average Bonchev–Trinajstić information content (AvgIpc) is 3.17. The first kappa shape index (κ1) is 14.3. The maximum Gasteiger partial charge on any atom is 0.417 e. The molecule has 0 aliphatic heterocycles. The molecule has 7 nitrogen and oxygen atoms in total. The number of aryl methyl sites for hydroxylation is 1. The lowest BCUT2D eigenvalue weighted by Gasteiger charge is -2.05. The highest BCUT2D eigenvalue weighted by Crippen LogP contribution is 2.17. The predicted molar refractivity (Wildman–Crippen MR) is 89.9 cm³/mol. The second-order valence-electron chi connectivity index (χ2n) is 5.57. The molecule has 3 N–H and O–H groups in total. The van der Waals surface area contributed by atoms with Crippen LogP contribution in [0.1, 0.15) is 12.0 Å². The van der Waals surface area contributed by atoms with Gasteiger partial charge in [0.2, 0.25) is 5.91 Å². The highest BCUT2D eigenvalue weighted by molar-refractivity contribution is 5.93. The summed E-state index contributed by atoms with van der Waals surface area (Å²) in [6, 6.07) is 11.0. The number of hydrogen-bond acceptors (Lipinski definition) is 4. The third-order valence-electron chi connectivity index (χ3n) is 3.85. The van der Waals surface area contributed by atoms with Crippen LogP contribution in [0.5, 0.6) is 0 Å². The van der Waals surface area contributed by atoms with E-state index < -0.39 is 5.76 Å². The lowest BCUT2D eigenvalue weighted by molar-refractivity contribution is -0.116. The van der Waals surface area contributed by atoms with E-state index in [-0.39, 0.29) is 5.91 Å². The molecule has 0 saturated heterocycles. The van der Waals surface area contributed by atoms with Gasteiger partial charge >= 0.3 is 5.76 Å².